The number of aryl methyl sites for hydroxylation is 1. The van der Waals surface area contributed by atoms with Crippen LogP contribution >= 0.6 is 0 Å². The molecule has 0 unspecified atom stereocenters. The lowest BCUT2D eigenvalue weighted by Crippen LogP contribution is -2.40. The van der Waals surface area contributed by atoms with Crippen molar-refractivity contribution in [3.05, 3.63) is 65.0 Å². The molecule has 1 fully saturated rings. The summed E-state index contributed by atoms with van der Waals surface area (Å²) in [6.45, 7) is 4.50. The number of ether oxygens (including phenoxy) is 1. The number of rotatable bonds is 6. The van der Waals surface area contributed by atoms with Gasteiger partial charge in [0.05, 0.1) is 18.1 Å². The maximum absolute atomic E-state index is 13.5. The fourth-order valence-corrected chi connectivity index (χ4v) is 4.22. The summed E-state index contributed by atoms with van der Waals surface area (Å²) in [5.74, 6) is -0.207. The smallest absolute Gasteiger partial charge is 0.243 e. The standard InChI is InChI=1S/C19H23FN2O3S/c1-15-2-3-17(12-19(15)20)14-21-13-16-4-6-18(7-5-16)26(23,24)22-8-10-25-11-9-22/h2-7,12,21H,8-11,13-14H2,1H3. The third-order valence-corrected chi connectivity index (χ3v) is 6.34. The van der Waals surface area contributed by atoms with E-state index in [4.69, 9.17) is 4.74 Å². The van der Waals surface area contributed by atoms with Crippen LogP contribution in [0.1, 0.15) is 16.7 Å². The minimum Gasteiger partial charge on any atom is -0.379 e. The van der Waals surface area contributed by atoms with Crippen molar-refractivity contribution in [3.8, 4) is 0 Å². The molecule has 5 nitrogen and oxygen atoms in total. The van der Waals surface area contributed by atoms with Crippen molar-refractivity contribution in [1.29, 1.82) is 0 Å². The van der Waals surface area contributed by atoms with Crippen LogP contribution in [-0.4, -0.2) is 39.0 Å². The predicted molar refractivity (Wildman–Crippen MR) is 97.7 cm³/mol. The maximum Gasteiger partial charge on any atom is 0.243 e. The first-order valence-electron chi connectivity index (χ1n) is 8.59. The minimum atomic E-state index is -3.46. The summed E-state index contributed by atoms with van der Waals surface area (Å²) >= 11 is 0. The second kappa shape index (κ2) is 8.26. The van der Waals surface area contributed by atoms with Gasteiger partial charge in [-0.2, -0.15) is 4.31 Å². The van der Waals surface area contributed by atoms with E-state index < -0.39 is 10.0 Å². The highest BCUT2D eigenvalue weighted by atomic mass is 32.2. The van der Waals surface area contributed by atoms with E-state index in [1.165, 1.54) is 10.4 Å². The maximum atomic E-state index is 13.5. The Morgan fingerprint density at radius 3 is 2.31 bits per heavy atom. The quantitative estimate of drug-likeness (QED) is 0.839. The molecule has 0 amide bonds. The molecule has 0 aromatic heterocycles. The highest BCUT2D eigenvalue weighted by Crippen LogP contribution is 2.18. The summed E-state index contributed by atoms with van der Waals surface area (Å²) < 4.78 is 45.4. The molecule has 140 valence electrons. The summed E-state index contributed by atoms with van der Waals surface area (Å²) in [6, 6.07) is 12.0. The first kappa shape index (κ1) is 19.0. The average molecular weight is 378 g/mol. The monoisotopic (exact) mass is 378 g/mol. The zero-order chi connectivity index (χ0) is 18.6. The fourth-order valence-electron chi connectivity index (χ4n) is 2.81. The van der Waals surface area contributed by atoms with Crippen LogP contribution in [0.3, 0.4) is 0 Å². The molecule has 2 aromatic carbocycles. The normalized spacial score (nSPS) is 15.9. The summed E-state index contributed by atoms with van der Waals surface area (Å²) in [6.07, 6.45) is 0. The van der Waals surface area contributed by atoms with Gasteiger partial charge in [-0.25, -0.2) is 12.8 Å². The van der Waals surface area contributed by atoms with Gasteiger partial charge in [0.2, 0.25) is 10.0 Å². The molecule has 0 atom stereocenters. The Kier molecular flexibility index (Phi) is 6.03. The van der Waals surface area contributed by atoms with Crippen LogP contribution in [0.2, 0.25) is 0 Å². The summed E-state index contributed by atoms with van der Waals surface area (Å²) in [7, 11) is -3.46. The molecule has 1 N–H and O–H groups in total. The third kappa shape index (κ3) is 4.48. The summed E-state index contributed by atoms with van der Waals surface area (Å²) in [4.78, 5) is 0.295. The van der Waals surface area contributed by atoms with Crippen molar-refractivity contribution in [2.45, 2.75) is 24.9 Å². The highest BCUT2D eigenvalue weighted by Gasteiger charge is 2.25. The molecule has 1 aliphatic rings. The van der Waals surface area contributed by atoms with Gasteiger partial charge in [-0.1, -0.05) is 24.3 Å². The molecular weight excluding hydrogens is 355 g/mol. The Bertz CT molecular complexity index is 848. The molecule has 7 heteroatoms. The molecule has 1 saturated heterocycles. The molecule has 0 spiro atoms. The van der Waals surface area contributed by atoms with Crippen molar-refractivity contribution in [2.24, 2.45) is 0 Å². The number of hydrogen-bond acceptors (Lipinski definition) is 4. The lowest BCUT2D eigenvalue weighted by atomic mass is 10.1. The highest BCUT2D eigenvalue weighted by molar-refractivity contribution is 7.89. The van der Waals surface area contributed by atoms with E-state index in [0.717, 1.165) is 11.1 Å². The molecule has 1 aliphatic heterocycles. The molecule has 26 heavy (non-hydrogen) atoms. The van der Waals surface area contributed by atoms with Gasteiger partial charge in [0.15, 0.2) is 0 Å². The van der Waals surface area contributed by atoms with Crippen LogP contribution in [0.5, 0.6) is 0 Å². The molecule has 0 radical (unpaired) electrons. The Labute approximate surface area is 153 Å². The lowest BCUT2D eigenvalue weighted by Gasteiger charge is -2.26. The van der Waals surface area contributed by atoms with Crippen molar-refractivity contribution in [2.75, 3.05) is 26.3 Å². The summed E-state index contributed by atoms with van der Waals surface area (Å²) in [5, 5.41) is 3.24. The predicted octanol–water partition coefficient (Wildman–Crippen LogP) is 2.44. The third-order valence-electron chi connectivity index (χ3n) is 4.43. The number of halogens is 1. The Balaban J connectivity index is 1.58. The van der Waals surface area contributed by atoms with Crippen molar-refractivity contribution >= 4 is 10.0 Å². The Morgan fingerprint density at radius 1 is 1.04 bits per heavy atom. The Hall–Kier alpha value is -1.80. The van der Waals surface area contributed by atoms with Gasteiger partial charge in [0.25, 0.3) is 0 Å². The number of nitrogens with one attached hydrogen (secondary N) is 1. The van der Waals surface area contributed by atoms with E-state index >= 15 is 0 Å². The zero-order valence-electron chi connectivity index (χ0n) is 14.7. The van der Waals surface area contributed by atoms with Crippen LogP contribution in [0.25, 0.3) is 0 Å². The van der Waals surface area contributed by atoms with Gasteiger partial charge in [-0.15, -0.1) is 0 Å². The van der Waals surface area contributed by atoms with Crippen LogP contribution in [-0.2, 0) is 27.8 Å². The van der Waals surface area contributed by atoms with E-state index in [0.29, 0.717) is 49.9 Å². The van der Waals surface area contributed by atoms with Gasteiger partial charge in [-0.3, -0.25) is 0 Å². The largest absolute Gasteiger partial charge is 0.379 e. The van der Waals surface area contributed by atoms with Crippen LogP contribution < -0.4 is 5.32 Å². The number of morpholine rings is 1. The lowest BCUT2D eigenvalue weighted by molar-refractivity contribution is 0.0730. The van der Waals surface area contributed by atoms with Crippen molar-refractivity contribution in [1.82, 2.24) is 9.62 Å². The average Bonchev–Trinajstić information content (AvgIpc) is 2.66. The van der Waals surface area contributed by atoms with E-state index in [1.807, 2.05) is 6.07 Å². The van der Waals surface area contributed by atoms with Crippen LogP contribution in [0.4, 0.5) is 4.39 Å². The number of sulfonamides is 1. The van der Waals surface area contributed by atoms with Gasteiger partial charge < -0.3 is 10.1 Å². The van der Waals surface area contributed by atoms with Crippen LogP contribution in [0, 0.1) is 12.7 Å². The van der Waals surface area contributed by atoms with Gasteiger partial charge in [-0.05, 0) is 41.8 Å². The van der Waals surface area contributed by atoms with Gasteiger partial charge in [0.1, 0.15) is 5.82 Å². The molecule has 2 aromatic rings. The number of nitrogens with zero attached hydrogens (tertiary/aromatic N) is 1. The molecule has 0 saturated carbocycles. The molecule has 0 aliphatic carbocycles. The number of hydrogen-bond donors (Lipinski definition) is 1. The van der Waals surface area contributed by atoms with Gasteiger partial charge in [0, 0.05) is 26.2 Å². The Morgan fingerprint density at radius 2 is 1.65 bits per heavy atom. The zero-order valence-corrected chi connectivity index (χ0v) is 15.6. The molecule has 3 rings (SSSR count). The SMILES string of the molecule is Cc1ccc(CNCc2ccc(S(=O)(=O)N3CCOCC3)cc2)cc1F. The van der Waals surface area contributed by atoms with E-state index in [-0.39, 0.29) is 5.82 Å². The first-order valence-corrected chi connectivity index (χ1v) is 10.0. The second-order valence-corrected chi connectivity index (χ2v) is 8.29. The fraction of sp³-hybridized carbons (Fsp3) is 0.368. The number of benzene rings is 2. The topological polar surface area (TPSA) is 58.6 Å². The molecule has 1 heterocycles. The van der Waals surface area contributed by atoms with Crippen molar-refractivity contribution in [3.63, 3.8) is 0 Å². The van der Waals surface area contributed by atoms with E-state index in [2.05, 4.69) is 5.32 Å². The van der Waals surface area contributed by atoms with E-state index in [9.17, 15) is 12.8 Å². The molecule has 0 bridgehead atoms. The summed E-state index contributed by atoms with van der Waals surface area (Å²) in [5.41, 5.74) is 2.48. The molecular formula is C19H23FN2O3S. The van der Waals surface area contributed by atoms with Crippen LogP contribution in [0.15, 0.2) is 47.4 Å². The minimum absolute atomic E-state index is 0.207. The second-order valence-electron chi connectivity index (χ2n) is 6.35. The van der Waals surface area contributed by atoms with Crippen molar-refractivity contribution < 1.29 is 17.5 Å². The van der Waals surface area contributed by atoms with E-state index in [1.54, 1.807) is 37.3 Å². The van der Waals surface area contributed by atoms with Gasteiger partial charge >= 0.3 is 0 Å². The first-order chi connectivity index (χ1) is 12.5.